The number of nitrogens with zero attached hydrogens (tertiary/aromatic N) is 3. The van der Waals surface area contributed by atoms with Crippen molar-refractivity contribution in [3.63, 3.8) is 0 Å². The second-order valence-electron chi connectivity index (χ2n) is 6.17. The lowest BCUT2D eigenvalue weighted by molar-refractivity contribution is 0.130. The van der Waals surface area contributed by atoms with E-state index in [-0.39, 0.29) is 18.3 Å². The van der Waals surface area contributed by atoms with Crippen molar-refractivity contribution in [1.29, 1.82) is 0 Å². The van der Waals surface area contributed by atoms with Crippen molar-refractivity contribution in [3.05, 3.63) is 88.5 Å². The molecule has 0 bridgehead atoms. The average molecular weight is 352 g/mol. The van der Waals surface area contributed by atoms with Gasteiger partial charge in [0, 0.05) is 11.3 Å². The predicted molar refractivity (Wildman–Crippen MR) is 99.2 cm³/mol. The summed E-state index contributed by atoms with van der Waals surface area (Å²) in [6.07, 6.45) is 0. The first-order valence-electron chi connectivity index (χ1n) is 8.31. The van der Waals surface area contributed by atoms with Gasteiger partial charge in [0.1, 0.15) is 12.4 Å². The van der Waals surface area contributed by atoms with E-state index in [2.05, 4.69) is 10.3 Å². The molecule has 2 N–H and O–H groups in total. The van der Waals surface area contributed by atoms with E-state index in [1.54, 1.807) is 12.1 Å². The summed E-state index contributed by atoms with van der Waals surface area (Å²) >= 11 is 0. The third-order valence-electron chi connectivity index (χ3n) is 3.94. The lowest BCUT2D eigenvalue weighted by Gasteiger charge is -2.07. The molecule has 3 rings (SSSR count). The van der Waals surface area contributed by atoms with Crippen LogP contribution in [0, 0.1) is 19.7 Å². The molecule has 0 atom stereocenters. The molecule has 0 saturated heterocycles. The quantitative estimate of drug-likeness (QED) is 0.419. The summed E-state index contributed by atoms with van der Waals surface area (Å²) in [5.41, 5.74) is 10.6. The van der Waals surface area contributed by atoms with Gasteiger partial charge in [-0.15, -0.1) is 0 Å². The number of aryl methyl sites for hydroxylation is 2. The summed E-state index contributed by atoms with van der Waals surface area (Å²) in [7, 11) is 0. The Morgan fingerprint density at radius 2 is 1.88 bits per heavy atom. The van der Waals surface area contributed by atoms with Crippen LogP contribution in [0.1, 0.15) is 28.1 Å². The van der Waals surface area contributed by atoms with Gasteiger partial charge in [-0.1, -0.05) is 35.5 Å². The molecule has 0 spiro atoms. The highest BCUT2D eigenvalue weighted by Crippen LogP contribution is 2.11. The minimum absolute atomic E-state index is 0.157. The topological polar surface area (TPSA) is 65.4 Å². The zero-order valence-corrected chi connectivity index (χ0v) is 14.8. The molecule has 0 unspecified atom stereocenters. The summed E-state index contributed by atoms with van der Waals surface area (Å²) in [5.74, 6) is -0.0310. The van der Waals surface area contributed by atoms with Gasteiger partial charge in [0.05, 0.1) is 12.2 Å². The second-order valence-corrected chi connectivity index (χ2v) is 6.17. The van der Waals surface area contributed by atoms with Crippen LogP contribution < -0.4 is 5.73 Å². The van der Waals surface area contributed by atoms with Crippen molar-refractivity contribution in [3.8, 4) is 0 Å². The van der Waals surface area contributed by atoms with E-state index in [0.29, 0.717) is 12.1 Å². The van der Waals surface area contributed by atoms with Gasteiger partial charge in [0.2, 0.25) is 0 Å². The number of aromatic nitrogens is 2. The first-order chi connectivity index (χ1) is 12.5. The standard InChI is InChI=1S/C20H21FN4O/c1-14-9-15(2)25(23-14)12-16-5-3-7-18(10-16)20(22)24-26-13-17-6-4-8-19(21)11-17/h3-11H,12-13H2,1-2H3,(H2,22,24). The molecule has 1 aromatic heterocycles. The van der Waals surface area contributed by atoms with E-state index >= 15 is 0 Å². The molecule has 5 nitrogen and oxygen atoms in total. The van der Waals surface area contributed by atoms with E-state index in [9.17, 15) is 4.39 Å². The lowest BCUT2D eigenvalue weighted by atomic mass is 10.1. The first-order valence-corrected chi connectivity index (χ1v) is 8.31. The molecular weight excluding hydrogens is 331 g/mol. The first kappa shape index (κ1) is 17.7. The monoisotopic (exact) mass is 352 g/mol. The van der Waals surface area contributed by atoms with E-state index in [0.717, 1.165) is 22.5 Å². The highest BCUT2D eigenvalue weighted by Gasteiger charge is 2.05. The third kappa shape index (κ3) is 4.47. The van der Waals surface area contributed by atoms with Crippen LogP contribution in [0.5, 0.6) is 0 Å². The summed E-state index contributed by atoms with van der Waals surface area (Å²) in [6.45, 7) is 4.81. The summed E-state index contributed by atoms with van der Waals surface area (Å²) in [4.78, 5) is 5.25. The maximum atomic E-state index is 13.1. The number of hydrogen-bond acceptors (Lipinski definition) is 3. The molecule has 134 valence electrons. The molecule has 3 aromatic rings. The maximum Gasteiger partial charge on any atom is 0.170 e. The van der Waals surface area contributed by atoms with Crippen LogP contribution in [-0.4, -0.2) is 15.6 Å². The molecule has 0 aliphatic rings. The van der Waals surface area contributed by atoms with Gasteiger partial charge in [-0.25, -0.2) is 4.39 Å². The molecule has 0 amide bonds. The SMILES string of the molecule is Cc1cc(C)n(Cc2cccc(/C(N)=N/OCc3cccc(F)c3)c2)n1. The van der Waals surface area contributed by atoms with Crippen molar-refractivity contribution in [2.24, 2.45) is 10.9 Å². The highest BCUT2D eigenvalue weighted by atomic mass is 19.1. The fourth-order valence-electron chi connectivity index (χ4n) is 2.69. The van der Waals surface area contributed by atoms with Crippen LogP contribution in [0.2, 0.25) is 0 Å². The fourth-order valence-corrected chi connectivity index (χ4v) is 2.69. The van der Waals surface area contributed by atoms with Gasteiger partial charge < -0.3 is 10.6 Å². The van der Waals surface area contributed by atoms with Crippen LogP contribution in [-0.2, 0) is 18.0 Å². The Morgan fingerprint density at radius 3 is 2.62 bits per heavy atom. The number of rotatable bonds is 6. The smallest absolute Gasteiger partial charge is 0.170 e. The number of halogens is 1. The van der Waals surface area contributed by atoms with Gasteiger partial charge in [0.15, 0.2) is 5.84 Å². The van der Waals surface area contributed by atoms with Crippen LogP contribution in [0.15, 0.2) is 59.8 Å². The fraction of sp³-hybridized carbons (Fsp3) is 0.200. The molecule has 6 heteroatoms. The predicted octanol–water partition coefficient (Wildman–Crippen LogP) is 3.52. The van der Waals surface area contributed by atoms with Gasteiger partial charge in [0.25, 0.3) is 0 Å². The minimum atomic E-state index is -0.306. The van der Waals surface area contributed by atoms with E-state index in [4.69, 9.17) is 10.6 Å². The number of nitrogens with two attached hydrogens (primary N) is 1. The van der Waals surface area contributed by atoms with Crippen LogP contribution >= 0.6 is 0 Å². The summed E-state index contributed by atoms with van der Waals surface area (Å²) in [5, 5.41) is 8.41. The minimum Gasteiger partial charge on any atom is -0.389 e. The van der Waals surface area contributed by atoms with E-state index < -0.39 is 0 Å². The maximum absolute atomic E-state index is 13.1. The Morgan fingerprint density at radius 1 is 1.12 bits per heavy atom. The van der Waals surface area contributed by atoms with Crippen molar-refractivity contribution < 1.29 is 9.23 Å². The molecule has 0 aliphatic carbocycles. The number of amidine groups is 1. The van der Waals surface area contributed by atoms with Crippen molar-refractivity contribution >= 4 is 5.84 Å². The van der Waals surface area contributed by atoms with Crippen LogP contribution in [0.4, 0.5) is 4.39 Å². The lowest BCUT2D eigenvalue weighted by Crippen LogP contribution is -2.14. The molecule has 0 aliphatic heterocycles. The molecule has 2 aromatic carbocycles. The molecule has 1 heterocycles. The van der Waals surface area contributed by atoms with Gasteiger partial charge in [-0.3, -0.25) is 4.68 Å². The third-order valence-corrected chi connectivity index (χ3v) is 3.94. The number of hydrogen-bond donors (Lipinski definition) is 1. The van der Waals surface area contributed by atoms with Gasteiger partial charge in [-0.2, -0.15) is 5.10 Å². The second kappa shape index (κ2) is 7.82. The van der Waals surface area contributed by atoms with Crippen molar-refractivity contribution in [2.45, 2.75) is 27.0 Å². The molecule has 0 radical (unpaired) electrons. The van der Waals surface area contributed by atoms with Gasteiger partial charge in [-0.05, 0) is 49.2 Å². The average Bonchev–Trinajstić information content (AvgIpc) is 2.92. The molecule has 0 fully saturated rings. The Bertz CT molecular complexity index is 933. The molecule has 0 saturated carbocycles. The zero-order chi connectivity index (χ0) is 18.5. The highest BCUT2D eigenvalue weighted by molar-refractivity contribution is 5.97. The summed E-state index contributed by atoms with van der Waals surface area (Å²) in [6, 6.07) is 16.0. The number of oxime groups is 1. The Labute approximate surface area is 151 Å². The zero-order valence-electron chi connectivity index (χ0n) is 14.8. The molecule has 26 heavy (non-hydrogen) atoms. The normalized spacial score (nSPS) is 11.6. The van der Waals surface area contributed by atoms with Crippen molar-refractivity contribution in [2.75, 3.05) is 0 Å². The van der Waals surface area contributed by atoms with Crippen molar-refractivity contribution in [1.82, 2.24) is 9.78 Å². The largest absolute Gasteiger partial charge is 0.389 e. The Hall–Kier alpha value is -3.15. The summed E-state index contributed by atoms with van der Waals surface area (Å²) < 4.78 is 15.1. The van der Waals surface area contributed by atoms with E-state index in [1.165, 1.54) is 12.1 Å². The van der Waals surface area contributed by atoms with Crippen LogP contribution in [0.3, 0.4) is 0 Å². The van der Waals surface area contributed by atoms with E-state index in [1.807, 2.05) is 48.9 Å². The Kier molecular flexibility index (Phi) is 5.31. The van der Waals surface area contributed by atoms with Gasteiger partial charge >= 0.3 is 0 Å². The van der Waals surface area contributed by atoms with Crippen LogP contribution in [0.25, 0.3) is 0 Å². The Balaban J connectivity index is 1.67. The molecular formula is C20H21FN4O. The number of benzene rings is 2.